The molecule has 5 nitrogen and oxygen atoms in total. The maximum atomic E-state index is 12.8. The van der Waals surface area contributed by atoms with Crippen LogP contribution in [-0.2, 0) is 9.59 Å². The first-order valence-electron chi connectivity index (χ1n) is 9.71. The minimum atomic E-state index is -0.443. The molecule has 0 spiro atoms. The van der Waals surface area contributed by atoms with Gasteiger partial charge in [0.25, 0.3) is 0 Å². The molecular weight excluding hydrogens is 354 g/mol. The first kappa shape index (κ1) is 18.4. The Balaban J connectivity index is 1.49. The molecule has 2 aromatic carbocycles. The standard InChI is InChI=1S/C23H23NO4/c1-14-3-6-16(7-4-14)23(27)28-18-10-8-17(9-11-18)24-21(25)19-12-5-15(2)13-20(19)22(24)26/h3-4,6-11,15,19-20H,5,12-13H2,1-2H3/t15-,19+,20-/m1/s1. The Labute approximate surface area is 164 Å². The van der Waals surface area contributed by atoms with Gasteiger partial charge < -0.3 is 4.74 Å². The van der Waals surface area contributed by atoms with Crippen molar-refractivity contribution >= 4 is 23.5 Å². The Bertz CT molecular complexity index is 917. The zero-order valence-corrected chi connectivity index (χ0v) is 16.1. The van der Waals surface area contributed by atoms with E-state index in [4.69, 9.17) is 4.74 Å². The number of imide groups is 1. The molecule has 144 valence electrons. The van der Waals surface area contributed by atoms with Crippen molar-refractivity contribution < 1.29 is 19.1 Å². The highest BCUT2D eigenvalue weighted by Gasteiger charge is 2.49. The molecule has 1 saturated heterocycles. The van der Waals surface area contributed by atoms with Crippen molar-refractivity contribution in [2.45, 2.75) is 33.1 Å². The highest BCUT2D eigenvalue weighted by atomic mass is 16.5. The van der Waals surface area contributed by atoms with E-state index in [0.29, 0.717) is 22.9 Å². The molecule has 2 fully saturated rings. The number of aryl methyl sites for hydroxylation is 1. The molecule has 0 N–H and O–H groups in total. The van der Waals surface area contributed by atoms with Crippen molar-refractivity contribution in [3.05, 3.63) is 59.7 Å². The van der Waals surface area contributed by atoms with Gasteiger partial charge in [0.15, 0.2) is 0 Å². The predicted molar refractivity (Wildman–Crippen MR) is 105 cm³/mol. The van der Waals surface area contributed by atoms with E-state index < -0.39 is 5.97 Å². The van der Waals surface area contributed by atoms with Gasteiger partial charge in [-0.05, 0) is 68.5 Å². The van der Waals surface area contributed by atoms with Crippen molar-refractivity contribution in [1.82, 2.24) is 0 Å². The first-order chi connectivity index (χ1) is 13.4. The maximum absolute atomic E-state index is 12.8. The highest BCUT2D eigenvalue weighted by Crippen LogP contribution is 2.42. The molecule has 4 rings (SSSR count). The quantitative estimate of drug-likeness (QED) is 0.458. The summed E-state index contributed by atoms with van der Waals surface area (Å²) in [6, 6.07) is 13.7. The van der Waals surface area contributed by atoms with Crippen LogP contribution in [0.4, 0.5) is 5.69 Å². The third-order valence-electron chi connectivity index (χ3n) is 5.78. The molecule has 0 bridgehead atoms. The van der Waals surface area contributed by atoms with Gasteiger partial charge >= 0.3 is 5.97 Å². The van der Waals surface area contributed by atoms with Crippen LogP contribution < -0.4 is 9.64 Å². The molecule has 5 heteroatoms. The van der Waals surface area contributed by atoms with Crippen molar-refractivity contribution in [2.24, 2.45) is 17.8 Å². The number of hydrogen-bond donors (Lipinski definition) is 0. The van der Waals surface area contributed by atoms with Gasteiger partial charge in [-0.3, -0.25) is 14.5 Å². The molecule has 3 atom stereocenters. The summed E-state index contributed by atoms with van der Waals surface area (Å²) in [5, 5.41) is 0. The van der Waals surface area contributed by atoms with Crippen molar-refractivity contribution in [2.75, 3.05) is 4.90 Å². The summed E-state index contributed by atoms with van der Waals surface area (Å²) in [5.74, 6) is -0.197. The second kappa shape index (κ2) is 7.23. The molecule has 2 aromatic rings. The number of carbonyl (C=O) groups is 3. The monoisotopic (exact) mass is 377 g/mol. The van der Waals surface area contributed by atoms with E-state index in [-0.39, 0.29) is 23.7 Å². The number of rotatable bonds is 3. The molecule has 1 heterocycles. The Morgan fingerprint density at radius 1 is 0.929 bits per heavy atom. The van der Waals surface area contributed by atoms with Crippen LogP contribution in [0.15, 0.2) is 48.5 Å². The van der Waals surface area contributed by atoms with Crippen molar-refractivity contribution in [3.8, 4) is 5.75 Å². The maximum Gasteiger partial charge on any atom is 0.343 e. The van der Waals surface area contributed by atoms with E-state index >= 15 is 0 Å². The van der Waals surface area contributed by atoms with Gasteiger partial charge in [-0.15, -0.1) is 0 Å². The Morgan fingerprint density at radius 3 is 2.25 bits per heavy atom. The van der Waals surface area contributed by atoms with Crippen LogP contribution in [0, 0.1) is 24.7 Å². The first-order valence-corrected chi connectivity index (χ1v) is 9.71. The highest BCUT2D eigenvalue weighted by molar-refractivity contribution is 6.22. The molecule has 2 amide bonds. The van der Waals surface area contributed by atoms with Crippen LogP contribution in [0.3, 0.4) is 0 Å². The molecule has 1 saturated carbocycles. The van der Waals surface area contributed by atoms with Crippen molar-refractivity contribution in [1.29, 1.82) is 0 Å². The van der Waals surface area contributed by atoms with E-state index in [2.05, 4.69) is 6.92 Å². The van der Waals surface area contributed by atoms with Crippen LogP contribution in [0.2, 0.25) is 0 Å². The fourth-order valence-corrected chi connectivity index (χ4v) is 4.16. The number of benzene rings is 2. The van der Waals surface area contributed by atoms with Gasteiger partial charge in [-0.1, -0.05) is 24.6 Å². The van der Waals surface area contributed by atoms with Crippen LogP contribution in [0.1, 0.15) is 42.1 Å². The normalized spacial score (nSPS) is 24.2. The lowest BCUT2D eigenvalue weighted by molar-refractivity contribution is -0.122. The van der Waals surface area contributed by atoms with Crippen LogP contribution in [0.5, 0.6) is 5.75 Å². The fourth-order valence-electron chi connectivity index (χ4n) is 4.16. The summed E-state index contributed by atoms with van der Waals surface area (Å²) in [6.45, 7) is 4.08. The minimum Gasteiger partial charge on any atom is -0.423 e. The third kappa shape index (κ3) is 3.33. The van der Waals surface area contributed by atoms with Gasteiger partial charge in [0.2, 0.25) is 11.8 Å². The van der Waals surface area contributed by atoms with Gasteiger partial charge in [0.05, 0.1) is 23.1 Å². The number of ether oxygens (including phenoxy) is 1. The average molecular weight is 377 g/mol. The van der Waals surface area contributed by atoms with E-state index in [1.165, 1.54) is 4.90 Å². The summed E-state index contributed by atoms with van der Waals surface area (Å²) >= 11 is 0. The number of esters is 1. The molecule has 28 heavy (non-hydrogen) atoms. The third-order valence-corrected chi connectivity index (χ3v) is 5.78. The topological polar surface area (TPSA) is 63.7 Å². The second-order valence-electron chi connectivity index (χ2n) is 7.89. The van der Waals surface area contributed by atoms with Gasteiger partial charge in [-0.2, -0.15) is 0 Å². The van der Waals surface area contributed by atoms with Gasteiger partial charge in [0.1, 0.15) is 5.75 Å². The molecular formula is C23H23NO4. The smallest absolute Gasteiger partial charge is 0.343 e. The summed E-state index contributed by atoms with van der Waals surface area (Å²) in [5.41, 5.74) is 2.07. The summed E-state index contributed by atoms with van der Waals surface area (Å²) in [4.78, 5) is 39.1. The molecule has 2 aliphatic rings. The molecule has 0 radical (unpaired) electrons. The lowest BCUT2D eigenvalue weighted by Crippen LogP contribution is -2.30. The Morgan fingerprint density at radius 2 is 1.57 bits per heavy atom. The lowest BCUT2D eigenvalue weighted by atomic mass is 9.76. The van der Waals surface area contributed by atoms with Crippen LogP contribution in [0.25, 0.3) is 0 Å². The number of anilines is 1. The fraction of sp³-hybridized carbons (Fsp3) is 0.348. The Kier molecular flexibility index (Phi) is 4.75. The van der Waals surface area contributed by atoms with E-state index in [1.807, 2.05) is 19.1 Å². The van der Waals surface area contributed by atoms with Crippen LogP contribution in [-0.4, -0.2) is 17.8 Å². The number of carbonyl (C=O) groups excluding carboxylic acids is 3. The number of fused-ring (bicyclic) bond motifs is 1. The molecule has 1 aliphatic heterocycles. The summed E-state index contributed by atoms with van der Waals surface area (Å²) in [7, 11) is 0. The summed E-state index contributed by atoms with van der Waals surface area (Å²) in [6.07, 6.45) is 2.54. The minimum absolute atomic E-state index is 0.105. The largest absolute Gasteiger partial charge is 0.423 e. The van der Waals surface area contributed by atoms with E-state index in [0.717, 1.165) is 24.8 Å². The number of nitrogens with zero attached hydrogens (tertiary/aromatic N) is 1. The number of hydrogen-bond acceptors (Lipinski definition) is 4. The van der Waals surface area contributed by atoms with E-state index in [9.17, 15) is 14.4 Å². The average Bonchev–Trinajstić information content (AvgIpc) is 2.93. The molecule has 1 aliphatic carbocycles. The van der Waals surface area contributed by atoms with Crippen molar-refractivity contribution in [3.63, 3.8) is 0 Å². The number of amides is 2. The lowest BCUT2D eigenvalue weighted by Gasteiger charge is -2.25. The molecule has 0 unspecified atom stereocenters. The van der Waals surface area contributed by atoms with Gasteiger partial charge in [-0.25, -0.2) is 4.79 Å². The van der Waals surface area contributed by atoms with E-state index in [1.54, 1.807) is 36.4 Å². The zero-order chi connectivity index (χ0) is 19.8. The molecule has 0 aromatic heterocycles. The second-order valence-corrected chi connectivity index (χ2v) is 7.89. The Hall–Kier alpha value is -2.95. The SMILES string of the molecule is Cc1ccc(C(=O)Oc2ccc(N3C(=O)[C@H]4CC[C@@H](C)C[C@H]4C3=O)cc2)cc1. The summed E-state index contributed by atoms with van der Waals surface area (Å²) < 4.78 is 5.39. The van der Waals surface area contributed by atoms with Crippen LogP contribution >= 0.6 is 0 Å². The zero-order valence-electron chi connectivity index (χ0n) is 16.1. The van der Waals surface area contributed by atoms with Gasteiger partial charge in [0, 0.05) is 0 Å². The predicted octanol–water partition coefficient (Wildman–Crippen LogP) is 4.14.